The van der Waals surface area contributed by atoms with Crippen LogP contribution in [0, 0.1) is 29.6 Å². The molecule has 0 saturated heterocycles. The molecule has 0 aliphatic heterocycles. The van der Waals surface area contributed by atoms with E-state index in [2.05, 4.69) is 10.5 Å². The van der Waals surface area contributed by atoms with E-state index < -0.39 is 0 Å². The zero-order chi connectivity index (χ0) is 12.8. The fourth-order valence-electron chi connectivity index (χ4n) is 1.32. The fourth-order valence-corrected chi connectivity index (χ4v) is 1.32. The van der Waals surface area contributed by atoms with E-state index in [1.807, 2.05) is 44.1 Å². The van der Waals surface area contributed by atoms with Gasteiger partial charge in [-0.3, -0.25) is 5.43 Å². The van der Waals surface area contributed by atoms with Gasteiger partial charge in [0.1, 0.15) is 12.1 Å². The average Bonchev–Trinajstić information content (AvgIpc) is 2.30. The van der Waals surface area contributed by atoms with Crippen LogP contribution in [-0.2, 0) is 0 Å². The summed E-state index contributed by atoms with van der Waals surface area (Å²) in [7, 11) is 3.82. The van der Waals surface area contributed by atoms with Gasteiger partial charge in [0.2, 0.25) is 5.71 Å². The van der Waals surface area contributed by atoms with E-state index in [1.54, 1.807) is 12.1 Å². The number of nitriles is 2. The van der Waals surface area contributed by atoms with Crippen molar-refractivity contribution in [1.29, 1.82) is 10.5 Å². The van der Waals surface area contributed by atoms with E-state index in [0.717, 1.165) is 16.9 Å². The summed E-state index contributed by atoms with van der Waals surface area (Å²) in [6.07, 6.45) is 0. The summed E-state index contributed by atoms with van der Waals surface area (Å²) >= 11 is 0. The predicted molar refractivity (Wildman–Crippen MR) is 67.8 cm³/mol. The molecule has 1 N–H and O–H groups in total. The van der Waals surface area contributed by atoms with Gasteiger partial charge in [-0.2, -0.15) is 15.6 Å². The number of hydrazone groups is 1. The van der Waals surface area contributed by atoms with Gasteiger partial charge in [0.25, 0.3) is 0 Å². The molecule has 1 rings (SSSR count). The zero-order valence-corrected chi connectivity index (χ0v) is 10.0. The molecule has 0 aliphatic carbocycles. The monoisotopic (exact) mass is 227 g/mol. The molecule has 0 unspecified atom stereocenters. The summed E-state index contributed by atoms with van der Waals surface area (Å²) in [4.78, 5) is 1.93. The largest absolute Gasteiger partial charge is 0.376 e. The summed E-state index contributed by atoms with van der Waals surface area (Å²) in [5, 5.41) is 20.9. The van der Waals surface area contributed by atoms with Gasteiger partial charge >= 0.3 is 0 Å². The molecule has 0 fully saturated rings. The van der Waals surface area contributed by atoms with Crippen molar-refractivity contribution in [3.05, 3.63) is 23.8 Å². The predicted octanol–water partition coefficient (Wildman–Crippen LogP) is 1.88. The van der Waals surface area contributed by atoms with Gasteiger partial charge in [-0.25, -0.2) is 0 Å². The molecule has 5 nitrogen and oxygen atoms in total. The maximum absolute atomic E-state index is 8.58. The Balaban J connectivity index is 3.06. The van der Waals surface area contributed by atoms with E-state index in [0.29, 0.717) is 0 Å². The van der Waals surface area contributed by atoms with Crippen LogP contribution in [0.5, 0.6) is 0 Å². The standard InChI is InChI=1S/C12H13N5/c1-9-4-5-12(17(2)3)11(6-9)16-15-10(7-13)8-14/h4-6,16H,1-3H3. The van der Waals surface area contributed by atoms with Gasteiger partial charge in [-0.05, 0) is 24.6 Å². The minimum atomic E-state index is -0.198. The van der Waals surface area contributed by atoms with Gasteiger partial charge in [0, 0.05) is 14.1 Å². The number of nitrogens with one attached hydrogen (secondary N) is 1. The molecule has 17 heavy (non-hydrogen) atoms. The summed E-state index contributed by atoms with van der Waals surface area (Å²) in [5.41, 5.74) is 5.32. The topological polar surface area (TPSA) is 75.2 Å². The Bertz CT molecular complexity index is 501. The van der Waals surface area contributed by atoms with Crippen molar-refractivity contribution in [2.24, 2.45) is 5.10 Å². The minimum absolute atomic E-state index is 0.198. The van der Waals surface area contributed by atoms with Crippen molar-refractivity contribution in [3.8, 4) is 12.1 Å². The van der Waals surface area contributed by atoms with Gasteiger partial charge in [0.15, 0.2) is 0 Å². The highest BCUT2D eigenvalue weighted by Crippen LogP contribution is 2.25. The molecule has 0 aromatic heterocycles. The third-order valence-electron chi connectivity index (χ3n) is 2.13. The minimum Gasteiger partial charge on any atom is -0.376 e. The highest BCUT2D eigenvalue weighted by molar-refractivity contribution is 6.10. The molecule has 1 aromatic carbocycles. The van der Waals surface area contributed by atoms with Crippen molar-refractivity contribution >= 4 is 17.1 Å². The Kier molecular flexibility index (Phi) is 4.08. The Morgan fingerprint density at radius 2 is 1.94 bits per heavy atom. The number of anilines is 2. The van der Waals surface area contributed by atoms with E-state index in [4.69, 9.17) is 10.5 Å². The average molecular weight is 227 g/mol. The molecule has 0 saturated carbocycles. The van der Waals surface area contributed by atoms with Crippen LogP contribution in [0.1, 0.15) is 5.56 Å². The smallest absolute Gasteiger partial charge is 0.237 e. The van der Waals surface area contributed by atoms with Crippen molar-refractivity contribution in [2.45, 2.75) is 6.92 Å². The summed E-state index contributed by atoms with van der Waals surface area (Å²) in [6, 6.07) is 9.24. The molecular weight excluding hydrogens is 214 g/mol. The number of aryl methyl sites for hydroxylation is 1. The first-order valence-electron chi connectivity index (χ1n) is 5.00. The zero-order valence-electron chi connectivity index (χ0n) is 10.0. The lowest BCUT2D eigenvalue weighted by Crippen LogP contribution is -2.11. The van der Waals surface area contributed by atoms with E-state index in [1.165, 1.54) is 0 Å². The molecule has 5 heteroatoms. The van der Waals surface area contributed by atoms with Gasteiger partial charge in [0.05, 0.1) is 11.4 Å². The van der Waals surface area contributed by atoms with Crippen LogP contribution in [0.3, 0.4) is 0 Å². The Labute approximate surface area is 101 Å². The van der Waals surface area contributed by atoms with Gasteiger partial charge < -0.3 is 4.90 Å². The van der Waals surface area contributed by atoms with Crippen molar-refractivity contribution in [3.63, 3.8) is 0 Å². The first-order valence-corrected chi connectivity index (χ1v) is 5.00. The highest BCUT2D eigenvalue weighted by Gasteiger charge is 2.04. The third kappa shape index (κ3) is 3.22. The third-order valence-corrected chi connectivity index (χ3v) is 2.13. The maximum atomic E-state index is 8.58. The number of hydrogen-bond donors (Lipinski definition) is 1. The molecule has 0 heterocycles. The summed E-state index contributed by atoms with van der Waals surface area (Å²) < 4.78 is 0. The Morgan fingerprint density at radius 3 is 2.47 bits per heavy atom. The highest BCUT2D eigenvalue weighted by atomic mass is 15.3. The van der Waals surface area contributed by atoms with Gasteiger partial charge in [-0.1, -0.05) is 6.07 Å². The molecule has 86 valence electrons. The van der Waals surface area contributed by atoms with E-state index in [-0.39, 0.29) is 5.71 Å². The quantitative estimate of drug-likeness (QED) is 0.632. The molecule has 0 aliphatic rings. The van der Waals surface area contributed by atoms with Crippen molar-refractivity contribution < 1.29 is 0 Å². The van der Waals surface area contributed by atoms with Crippen LogP contribution in [0.2, 0.25) is 0 Å². The Hall–Kier alpha value is -2.53. The molecule has 0 spiro atoms. The first-order chi connectivity index (χ1) is 8.08. The maximum Gasteiger partial charge on any atom is 0.237 e. The molecule has 0 radical (unpaired) electrons. The van der Waals surface area contributed by atoms with Crippen LogP contribution >= 0.6 is 0 Å². The number of nitrogens with zero attached hydrogens (tertiary/aromatic N) is 4. The fraction of sp³-hybridized carbons (Fsp3) is 0.250. The lowest BCUT2D eigenvalue weighted by atomic mass is 10.2. The molecule has 0 atom stereocenters. The summed E-state index contributed by atoms with van der Waals surface area (Å²) in [5.74, 6) is 0. The van der Waals surface area contributed by atoms with Crippen LogP contribution in [0.4, 0.5) is 11.4 Å². The first kappa shape index (κ1) is 12.5. The van der Waals surface area contributed by atoms with Crippen molar-refractivity contribution in [1.82, 2.24) is 0 Å². The second-order valence-electron chi connectivity index (χ2n) is 3.71. The second-order valence-corrected chi connectivity index (χ2v) is 3.71. The van der Waals surface area contributed by atoms with Crippen LogP contribution in [0.25, 0.3) is 0 Å². The number of benzene rings is 1. The molecular formula is C12H13N5. The molecule has 0 amide bonds. The van der Waals surface area contributed by atoms with Crippen LogP contribution in [0.15, 0.2) is 23.3 Å². The SMILES string of the molecule is Cc1ccc(N(C)C)c(NN=C(C#N)C#N)c1. The van der Waals surface area contributed by atoms with Gasteiger partial charge in [-0.15, -0.1) is 0 Å². The van der Waals surface area contributed by atoms with E-state index >= 15 is 0 Å². The van der Waals surface area contributed by atoms with Crippen molar-refractivity contribution in [2.75, 3.05) is 24.4 Å². The van der Waals surface area contributed by atoms with Crippen LogP contribution in [-0.4, -0.2) is 19.8 Å². The lowest BCUT2D eigenvalue weighted by Gasteiger charge is -2.17. The number of rotatable bonds is 3. The van der Waals surface area contributed by atoms with E-state index in [9.17, 15) is 0 Å². The molecule has 0 bridgehead atoms. The normalized spacial score (nSPS) is 8.76. The second kappa shape index (κ2) is 5.53. The Morgan fingerprint density at radius 1 is 1.29 bits per heavy atom. The lowest BCUT2D eigenvalue weighted by molar-refractivity contribution is 1.12. The summed E-state index contributed by atoms with van der Waals surface area (Å²) in [6.45, 7) is 1.96. The van der Waals surface area contributed by atoms with Crippen LogP contribution < -0.4 is 10.3 Å². The number of hydrogen-bond acceptors (Lipinski definition) is 5. The molecule has 1 aromatic rings.